The average Bonchev–Trinajstić information content (AvgIpc) is 2.62. The number of hydrogen-bond donors (Lipinski definition) is 1. The van der Waals surface area contributed by atoms with Gasteiger partial charge in [0.1, 0.15) is 0 Å². The Balaban J connectivity index is 2.47. The molecule has 0 saturated carbocycles. The maximum atomic E-state index is 11.9. The molecule has 80 valence electrons. The van der Waals surface area contributed by atoms with Crippen molar-refractivity contribution in [1.29, 1.82) is 0 Å². The van der Waals surface area contributed by atoms with E-state index < -0.39 is 6.43 Å². The number of alkyl halides is 2. The fourth-order valence-corrected chi connectivity index (χ4v) is 1.16. The molecule has 1 aromatic rings. The molecule has 0 amide bonds. The fraction of sp³-hybridized carbons (Fsp3) is 0.667. The lowest BCUT2D eigenvalue weighted by Crippen LogP contribution is -2.24. The highest BCUT2D eigenvalue weighted by molar-refractivity contribution is 5.08. The lowest BCUT2D eigenvalue weighted by atomic mass is 10.2. The van der Waals surface area contributed by atoms with Crippen LogP contribution in [0.2, 0.25) is 0 Å². The van der Waals surface area contributed by atoms with Crippen LogP contribution in [0, 0.1) is 0 Å². The first-order chi connectivity index (χ1) is 6.63. The van der Waals surface area contributed by atoms with E-state index in [9.17, 15) is 8.78 Å². The van der Waals surface area contributed by atoms with Crippen LogP contribution in [0.15, 0.2) is 12.4 Å². The molecule has 0 aliphatic rings. The SMILES string of the molecule is CCn1cc([C@@H](C)NCC(F)F)cn1. The summed E-state index contributed by atoms with van der Waals surface area (Å²) in [6.45, 7) is 4.34. The summed E-state index contributed by atoms with van der Waals surface area (Å²) in [7, 11) is 0. The van der Waals surface area contributed by atoms with Crippen LogP contribution in [-0.2, 0) is 6.54 Å². The molecular weight excluding hydrogens is 188 g/mol. The van der Waals surface area contributed by atoms with Gasteiger partial charge in [-0.3, -0.25) is 4.68 Å². The molecule has 0 radical (unpaired) electrons. The molecule has 1 heterocycles. The number of nitrogens with zero attached hydrogens (tertiary/aromatic N) is 2. The first-order valence-corrected chi connectivity index (χ1v) is 4.67. The maximum absolute atomic E-state index is 11.9. The molecule has 1 aromatic heterocycles. The first-order valence-electron chi connectivity index (χ1n) is 4.67. The van der Waals surface area contributed by atoms with Gasteiger partial charge < -0.3 is 5.32 Å². The van der Waals surface area contributed by atoms with E-state index in [2.05, 4.69) is 10.4 Å². The van der Waals surface area contributed by atoms with Crippen molar-refractivity contribution in [2.24, 2.45) is 0 Å². The molecular formula is C9H15F2N3. The molecule has 0 aliphatic heterocycles. The van der Waals surface area contributed by atoms with Gasteiger partial charge in [-0.2, -0.15) is 5.10 Å². The van der Waals surface area contributed by atoms with E-state index in [-0.39, 0.29) is 12.6 Å². The smallest absolute Gasteiger partial charge is 0.250 e. The first kappa shape index (κ1) is 11.1. The third-order valence-electron chi connectivity index (χ3n) is 2.06. The molecule has 1 atom stereocenters. The van der Waals surface area contributed by atoms with E-state index >= 15 is 0 Å². The van der Waals surface area contributed by atoms with Gasteiger partial charge in [0, 0.05) is 24.3 Å². The van der Waals surface area contributed by atoms with Gasteiger partial charge in [-0.05, 0) is 13.8 Å². The Morgan fingerprint density at radius 3 is 2.79 bits per heavy atom. The van der Waals surface area contributed by atoms with E-state index in [1.54, 1.807) is 10.9 Å². The maximum Gasteiger partial charge on any atom is 0.250 e. The second-order valence-corrected chi connectivity index (χ2v) is 3.15. The van der Waals surface area contributed by atoms with Crippen LogP contribution in [0.1, 0.15) is 25.5 Å². The summed E-state index contributed by atoms with van der Waals surface area (Å²) in [4.78, 5) is 0. The van der Waals surface area contributed by atoms with Crippen molar-refractivity contribution >= 4 is 0 Å². The van der Waals surface area contributed by atoms with Crippen LogP contribution in [0.4, 0.5) is 8.78 Å². The van der Waals surface area contributed by atoms with E-state index in [0.717, 1.165) is 12.1 Å². The summed E-state index contributed by atoms with van der Waals surface area (Å²) in [5.74, 6) is 0. The van der Waals surface area contributed by atoms with Gasteiger partial charge in [-0.1, -0.05) is 0 Å². The Kier molecular flexibility index (Phi) is 4.00. The molecule has 0 fully saturated rings. The molecule has 0 aromatic carbocycles. The van der Waals surface area contributed by atoms with Crippen LogP contribution in [0.25, 0.3) is 0 Å². The highest BCUT2D eigenvalue weighted by Crippen LogP contribution is 2.10. The number of nitrogens with one attached hydrogen (secondary N) is 1. The van der Waals surface area contributed by atoms with E-state index in [1.807, 2.05) is 20.0 Å². The molecule has 0 spiro atoms. The number of aromatic nitrogens is 2. The average molecular weight is 203 g/mol. The van der Waals surface area contributed by atoms with Gasteiger partial charge in [-0.15, -0.1) is 0 Å². The molecule has 3 nitrogen and oxygen atoms in total. The van der Waals surface area contributed by atoms with Crippen molar-refractivity contribution in [2.75, 3.05) is 6.54 Å². The number of rotatable bonds is 5. The Morgan fingerprint density at radius 2 is 2.29 bits per heavy atom. The van der Waals surface area contributed by atoms with Crippen LogP contribution in [0.3, 0.4) is 0 Å². The van der Waals surface area contributed by atoms with E-state index in [4.69, 9.17) is 0 Å². The second-order valence-electron chi connectivity index (χ2n) is 3.15. The minimum Gasteiger partial charge on any atom is -0.305 e. The molecule has 1 N–H and O–H groups in total. The zero-order valence-electron chi connectivity index (χ0n) is 8.37. The second kappa shape index (κ2) is 5.05. The Morgan fingerprint density at radius 1 is 1.57 bits per heavy atom. The lowest BCUT2D eigenvalue weighted by molar-refractivity contribution is 0.142. The quantitative estimate of drug-likeness (QED) is 0.791. The zero-order chi connectivity index (χ0) is 10.6. The summed E-state index contributed by atoms with van der Waals surface area (Å²) < 4.78 is 25.6. The third kappa shape index (κ3) is 3.06. The minimum absolute atomic E-state index is 0.0794. The number of halogens is 2. The molecule has 14 heavy (non-hydrogen) atoms. The largest absolute Gasteiger partial charge is 0.305 e. The number of aryl methyl sites for hydroxylation is 1. The number of hydrogen-bond acceptors (Lipinski definition) is 2. The summed E-state index contributed by atoms with van der Waals surface area (Å²) in [6.07, 6.45) is 1.26. The van der Waals surface area contributed by atoms with Crippen LogP contribution in [0.5, 0.6) is 0 Å². The predicted octanol–water partition coefficient (Wildman–Crippen LogP) is 1.82. The van der Waals surface area contributed by atoms with Gasteiger partial charge >= 0.3 is 0 Å². The van der Waals surface area contributed by atoms with Crippen molar-refractivity contribution < 1.29 is 8.78 Å². The molecule has 0 saturated heterocycles. The van der Waals surface area contributed by atoms with Gasteiger partial charge in [0.2, 0.25) is 0 Å². The molecule has 5 heteroatoms. The van der Waals surface area contributed by atoms with Crippen molar-refractivity contribution in [3.8, 4) is 0 Å². The Bertz CT molecular complexity index is 273. The van der Waals surface area contributed by atoms with Crippen molar-refractivity contribution in [3.63, 3.8) is 0 Å². The van der Waals surface area contributed by atoms with E-state index in [0.29, 0.717) is 0 Å². The molecule has 0 unspecified atom stereocenters. The summed E-state index contributed by atoms with van der Waals surface area (Å²) in [5, 5.41) is 6.80. The standard InChI is InChI=1S/C9H15F2N3/c1-3-14-6-8(4-13-14)7(2)12-5-9(10)11/h4,6-7,9,12H,3,5H2,1-2H3/t7-/m1/s1. The topological polar surface area (TPSA) is 29.9 Å². The Labute approximate surface area is 82.1 Å². The van der Waals surface area contributed by atoms with Crippen LogP contribution in [-0.4, -0.2) is 22.8 Å². The Hall–Kier alpha value is -0.970. The van der Waals surface area contributed by atoms with Gasteiger partial charge in [0.05, 0.1) is 12.7 Å². The normalized spacial score (nSPS) is 13.5. The zero-order valence-corrected chi connectivity index (χ0v) is 8.37. The highest BCUT2D eigenvalue weighted by atomic mass is 19.3. The van der Waals surface area contributed by atoms with E-state index in [1.165, 1.54) is 0 Å². The highest BCUT2D eigenvalue weighted by Gasteiger charge is 2.09. The summed E-state index contributed by atoms with van der Waals surface area (Å²) in [6, 6.07) is -0.0794. The van der Waals surface area contributed by atoms with Gasteiger partial charge in [0.25, 0.3) is 6.43 Å². The predicted molar refractivity (Wildman–Crippen MR) is 50.3 cm³/mol. The molecule has 0 bridgehead atoms. The summed E-state index contributed by atoms with van der Waals surface area (Å²) in [5.41, 5.74) is 0.938. The minimum atomic E-state index is -2.31. The molecule has 0 aliphatic carbocycles. The third-order valence-corrected chi connectivity index (χ3v) is 2.06. The molecule has 1 rings (SSSR count). The van der Waals surface area contributed by atoms with Crippen molar-refractivity contribution in [1.82, 2.24) is 15.1 Å². The van der Waals surface area contributed by atoms with Gasteiger partial charge in [-0.25, -0.2) is 8.78 Å². The van der Waals surface area contributed by atoms with Crippen molar-refractivity contribution in [2.45, 2.75) is 32.9 Å². The monoisotopic (exact) mass is 203 g/mol. The van der Waals surface area contributed by atoms with Crippen LogP contribution >= 0.6 is 0 Å². The fourth-order valence-electron chi connectivity index (χ4n) is 1.16. The lowest BCUT2D eigenvalue weighted by Gasteiger charge is -2.10. The van der Waals surface area contributed by atoms with Crippen LogP contribution < -0.4 is 5.32 Å². The van der Waals surface area contributed by atoms with Gasteiger partial charge in [0.15, 0.2) is 0 Å². The summed E-state index contributed by atoms with van der Waals surface area (Å²) >= 11 is 0. The van der Waals surface area contributed by atoms with Crippen molar-refractivity contribution in [3.05, 3.63) is 18.0 Å².